The Hall–Kier alpha value is -2.82. The van der Waals surface area contributed by atoms with Crippen molar-refractivity contribution in [3.05, 3.63) is 53.7 Å². The summed E-state index contributed by atoms with van der Waals surface area (Å²) in [6, 6.07) is 12.5. The van der Waals surface area contributed by atoms with E-state index in [1.807, 2.05) is 18.3 Å². The van der Waals surface area contributed by atoms with Gasteiger partial charge in [0.05, 0.1) is 32.0 Å². The van der Waals surface area contributed by atoms with E-state index in [-0.39, 0.29) is 6.04 Å². The minimum absolute atomic E-state index is 0.205. The summed E-state index contributed by atoms with van der Waals surface area (Å²) in [5, 5.41) is 13.1. The second kappa shape index (κ2) is 6.00. The molecule has 4 rings (SSSR count). The molecule has 5 heteroatoms. The molecule has 2 heterocycles. The Morgan fingerprint density at radius 3 is 2.71 bits per heavy atom. The van der Waals surface area contributed by atoms with Gasteiger partial charge in [-0.15, -0.1) is 0 Å². The summed E-state index contributed by atoms with van der Waals surface area (Å²) in [5.74, 6) is 1.37. The van der Waals surface area contributed by atoms with Gasteiger partial charge in [-0.05, 0) is 30.5 Å². The van der Waals surface area contributed by atoms with E-state index in [4.69, 9.17) is 9.47 Å². The molecular formula is C19H19N3O2. The average Bonchev–Trinajstić information content (AvgIpc) is 2.65. The van der Waals surface area contributed by atoms with E-state index in [2.05, 4.69) is 39.8 Å². The van der Waals surface area contributed by atoms with Crippen molar-refractivity contribution in [1.29, 1.82) is 0 Å². The third-order valence-corrected chi connectivity index (χ3v) is 4.60. The normalized spacial score (nSPS) is 16.3. The third kappa shape index (κ3) is 2.42. The highest BCUT2D eigenvalue weighted by Gasteiger charge is 2.22. The highest BCUT2D eigenvalue weighted by Crippen LogP contribution is 2.38. The summed E-state index contributed by atoms with van der Waals surface area (Å²) in [6.45, 7) is 0. The molecule has 24 heavy (non-hydrogen) atoms. The van der Waals surface area contributed by atoms with Gasteiger partial charge in [-0.1, -0.05) is 18.2 Å². The van der Waals surface area contributed by atoms with Crippen LogP contribution in [-0.2, 0) is 6.42 Å². The maximum absolute atomic E-state index is 5.45. The summed E-state index contributed by atoms with van der Waals surface area (Å²) in [6.07, 6.45) is 3.91. The highest BCUT2D eigenvalue weighted by molar-refractivity contribution is 5.86. The molecule has 0 fully saturated rings. The van der Waals surface area contributed by atoms with Crippen molar-refractivity contribution in [3.8, 4) is 11.5 Å². The second-order valence-electron chi connectivity index (χ2n) is 5.92. The Kier molecular flexibility index (Phi) is 3.69. The molecule has 3 aromatic rings. The van der Waals surface area contributed by atoms with E-state index in [0.717, 1.165) is 29.3 Å². The van der Waals surface area contributed by atoms with Gasteiger partial charge in [0, 0.05) is 22.7 Å². The third-order valence-electron chi connectivity index (χ3n) is 4.60. The van der Waals surface area contributed by atoms with Crippen molar-refractivity contribution >= 4 is 16.6 Å². The van der Waals surface area contributed by atoms with Crippen molar-refractivity contribution in [2.75, 3.05) is 19.5 Å². The fraction of sp³-hybridized carbons (Fsp3) is 0.263. The number of anilines is 1. The number of para-hydroxylation sites is 1. The first kappa shape index (κ1) is 14.8. The summed E-state index contributed by atoms with van der Waals surface area (Å²) >= 11 is 0. The maximum atomic E-state index is 5.45. The van der Waals surface area contributed by atoms with Gasteiger partial charge in [0.25, 0.3) is 0 Å². The lowest BCUT2D eigenvalue weighted by Gasteiger charge is -2.28. The summed E-state index contributed by atoms with van der Waals surface area (Å²) in [7, 11) is 3.27. The number of nitrogens with zero attached hydrogens (tertiary/aromatic N) is 2. The summed E-state index contributed by atoms with van der Waals surface area (Å²) in [4.78, 5) is 0. The first-order valence-corrected chi connectivity index (χ1v) is 8.02. The van der Waals surface area contributed by atoms with Gasteiger partial charge in [-0.25, -0.2) is 0 Å². The smallest absolute Gasteiger partial charge is 0.162 e. The summed E-state index contributed by atoms with van der Waals surface area (Å²) in [5.41, 5.74) is 4.50. The van der Waals surface area contributed by atoms with Crippen LogP contribution in [0.5, 0.6) is 11.5 Å². The minimum Gasteiger partial charge on any atom is -0.493 e. The molecule has 0 aliphatic carbocycles. The molecule has 1 aromatic heterocycles. The molecule has 0 saturated carbocycles. The zero-order chi connectivity index (χ0) is 16.5. The van der Waals surface area contributed by atoms with Crippen molar-refractivity contribution in [1.82, 2.24) is 10.2 Å². The average molecular weight is 321 g/mol. The van der Waals surface area contributed by atoms with Crippen LogP contribution in [0.1, 0.15) is 23.6 Å². The predicted octanol–water partition coefficient (Wildman–Crippen LogP) is 3.75. The van der Waals surface area contributed by atoms with Gasteiger partial charge in [-0.3, -0.25) is 0 Å². The Morgan fingerprint density at radius 2 is 1.88 bits per heavy atom. The van der Waals surface area contributed by atoms with Crippen LogP contribution in [0.3, 0.4) is 0 Å². The second-order valence-corrected chi connectivity index (χ2v) is 5.92. The molecule has 0 spiro atoms. The van der Waals surface area contributed by atoms with Crippen LogP contribution in [-0.4, -0.2) is 24.4 Å². The Balaban J connectivity index is 1.80. The highest BCUT2D eigenvalue weighted by atomic mass is 16.5. The number of hydrogen-bond donors (Lipinski definition) is 1. The molecular weight excluding hydrogens is 302 g/mol. The van der Waals surface area contributed by atoms with E-state index in [1.165, 1.54) is 11.3 Å². The lowest BCUT2D eigenvalue weighted by Crippen LogP contribution is -2.18. The number of aromatic nitrogens is 2. The van der Waals surface area contributed by atoms with E-state index in [9.17, 15) is 0 Å². The predicted molar refractivity (Wildman–Crippen MR) is 93.8 cm³/mol. The Bertz CT molecular complexity index is 895. The Labute approximate surface area is 140 Å². The number of aryl methyl sites for hydroxylation is 1. The number of hydrogen-bond acceptors (Lipinski definition) is 5. The lowest BCUT2D eigenvalue weighted by molar-refractivity contribution is 0.355. The van der Waals surface area contributed by atoms with Crippen molar-refractivity contribution in [2.24, 2.45) is 0 Å². The molecule has 5 nitrogen and oxygen atoms in total. The number of methoxy groups -OCH3 is 2. The SMILES string of the molecule is COc1cc2nncc(C3CCc4ccccc4N3)c2cc1OC. The Morgan fingerprint density at radius 1 is 1.08 bits per heavy atom. The van der Waals surface area contributed by atoms with Gasteiger partial charge in [0.1, 0.15) is 0 Å². The van der Waals surface area contributed by atoms with E-state index in [1.54, 1.807) is 14.2 Å². The van der Waals surface area contributed by atoms with Crippen LogP contribution < -0.4 is 14.8 Å². The van der Waals surface area contributed by atoms with Gasteiger partial charge in [0.2, 0.25) is 0 Å². The topological polar surface area (TPSA) is 56.3 Å². The fourth-order valence-corrected chi connectivity index (χ4v) is 3.35. The molecule has 1 N–H and O–H groups in total. The van der Waals surface area contributed by atoms with Crippen LogP contribution in [0.4, 0.5) is 5.69 Å². The van der Waals surface area contributed by atoms with Crippen molar-refractivity contribution < 1.29 is 9.47 Å². The van der Waals surface area contributed by atoms with E-state index in [0.29, 0.717) is 11.5 Å². The van der Waals surface area contributed by atoms with Crippen LogP contribution in [0.2, 0.25) is 0 Å². The van der Waals surface area contributed by atoms with E-state index < -0.39 is 0 Å². The molecule has 2 aromatic carbocycles. The fourth-order valence-electron chi connectivity index (χ4n) is 3.35. The molecule has 0 radical (unpaired) electrons. The molecule has 0 amide bonds. The van der Waals surface area contributed by atoms with Crippen molar-refractivity contribution in [3.63, 3.8) is 0 Å². The molecule has 122 valence electrons. The molecule has 0 bridgehead atoms. The molecule has 1 atom stereocenters. The molecule has 1 unspecified atom stereocenters. The van der Waals surface area contributed by atoms with Gasteiger partial charge >= 0.3 is 0 Å². The van der Waals surface area contributed by atoms with Crippen LogP contribution in [0.15, 0.2) is 42.6 Å². The standard InChI is InChI=1S/C19H19N3O2/c1-23-18-9-13-14(11-20-22-17(13)10-19(18)24-2)16-8-7-12-5-3-4-6-15(12)21-16/h3-6,9-11,16,21H,7-8H2,1-2H3. The number of fused-ring (bicyclic) bond motifs is 2. The molecule has 0 saturated heterocycles. The van der Waals surface area contributed by atoms with Crippen LogP contribution in [0, 0.1) is 0 Å². The lowest BCUT2D eigenvalue weighted by atomic mass is 9.92. The van der Waals surface area contributed by atoms with Gasteiger partial charge in [0.15, 0.2) is 11.5 Å². The monoisotopic (exact) mass is 321 g/mol. The summed E-state index contributed by atoms with van der Waals surface area (Å²) < 4.78 is 10.8. The van der Waals surface area contributed by atoms with Gasteiger partial charge < -0.3 is 14.8 Å². The van der Waals surface area contributed by atoms with E-state index >= 15 is 0 Å². The first-order valence-electron chi connectivity index (χ1n) is 8.02. The zero-order valence-electron chi connectivity index (χ0n) is 13.7. The number of benzene rings is 2. The van der Waals surface area contributed by atoms with Crippen LogP contribution in [0.25, 0.3) is 10.9 Å². The largest absolute Gasteiger partial charge is 0.493 e. The van der Waals surface area contributed by atoms with Crippen LogP contribution >= 0.6 is 0 Å². The quantitative estimate of drug-likeness (QED) is 0.796. The number of ether oxygens (including phenoxy) is 2. The number of rotatable bonds is 3. The number of nitrogens with one attached hydrogen (secondary N) is 1. The first-order chi connectivity index (χ1) is 11.8. The van der Waals surface area contributed by atoms with Gasteiger partial charge in [-0.2, -0.15) is 10.2 Å². The molecule has 1 aliphatic rings. The maximum Gasteiger partial charge on any atom is 0.162 e. The minimum atomic E-state index is 0.205. The van der Waals surface area contributed by atoms with Crippen molar-refractivity contribution in [2.45, 2.75) is 18.9 Å². The zero-order valence-corrected chi connectivity index (χ0v) is 13.7. The molecule has 1 aliphatic heterocycles.